The molecule has 2 aromatic heterocycles. The van der Waals surface area contributed by atoms with Crippen molar-refractivity contribution in [3.8, 4) is 11.3 Å². The summed E-state index contributed by atoms with van der Waals surface area (Å²) in [7, 11) is -2.13. The molecule has 1 N–H and O–H groups in total. The summed E-state index contributed by atoms with van der Waals surface area (Å²) in [6, 6.07) is 10.0. The second-order valence-electron chi connectivity index (χ2n) is 5.49. The quantitative estimate of drug-likeness (QED) is 0.633. The van der Waals surface area contributed by atoms with Gasteiger partial charge in [0.15, 0.2) is 5.89 Å². The molecule has 0 spiro atoms. The molecule has 1 atom stereocenters. The van der Waals surface area contributed by atoms with Crippen molar-refractivity contribution in [2.24, 2.45) is 0 Å². The molecule has 0 radical (unpaired) electrons. The molecule has 3 rings (SSSR count). The maximum atomic E-state index is 12.5. The number of methoxy groups -OCH3 is 1. The first-order chi connectivity index (χ1) is 12.4. The first-order valence-corrected chi connectivity index (χ1v) is 10.4. The molecule has 0 unspecified atom stereocenters. The predicted octanol–water partition coefficient (Wildman–Crippen LogP) is 4.03. The average molecular weight is 413 g/mol. The number of hydrogen-bond donors (Lipinski definition) is 1. The van der Waals surface area contributed by atoms with Gasteiger partial charge in [0.25, 0.3) is 0 Å². The zero-order valence-corrected chi connectivity index (χ0v) is 16.5. The first kappa shape index (κ1) is 19.1. The molecule has 0 fully saturated rings. The number of thiophene rings is 1. The molecule has 26 heavy (non-hydrogen) atoms. The highest BCUT2D eigenvalue weighted by Crippen LogP contribution is 2.28. The Morgan fingerprint density at radius 2 is 2.00 bits per heavy atom. The molecule has 9 heteroatoms. The van der Waals surface area contributed by atoms with E-state index in [0.29, 0.717) is 15.9 Å². The lowest BCUT2D eigenvalue weighted by Gasteiger charge is -2.15. The Morgan fingerprint density at radius 3 is 2.54 bits per heavy atom. The number of benzene rings is 1. The molecule has 0 aliphatic rings. The van der Waals surface area contributed by atoms with Gasteiger partial charge in [0, 0.05) is 31.0 Å². The standard InChI is InChI=1S/C17H17ClN2O4S2/c1-11-20-14(10-24-11)12-3-5-13(6-4-12)26(21,22)19-9-15(23-2)16-7-8-17(18)25-16/h3-8,10,15,19H,9H2,1-2H3/t15-/m0/s1. The summed E-state index contributed by atoms with van der Waals surface area (Å²) in [4.78, 5) is 5.25. The van der Waals surface area contributed by atoms with Gasteiger partial charge in [-0.15, -0.1) is 11.3 Å². The van der Waals surface area contributed by atoms with Crippen LogP contribution in [0.2, 0.25) is 4.34 Å². The minimum Gasteiger partial charge on any atom is -0.449 e. The third-order valence-corrected chi connectivity index (χ3v) is 6.50. The molecule has 0 saturated heterocycles. The van der Waals surface area contributed by atoms with Gasteiger partial charge in [0.2, 0.25) is 10.0 Å². The molecule has 3 aromatic rings. The van der Waals surface area contributed by atoms with Crippen LogP contribution in [0.3, 0.4) is 0 Å². The van der Waals surface area contributed by atoms with Crippen LogP contribution >= 0.6 is 22.9 Å². The second-order valence-corrected chi connectivity index (χ2v) is 9.01. The molecule has 1 aromatic carbocycles. The van der Waals surface area contributed by atoms with E-state index in [1.165, 1.54) is 36.8 Å². The van der Waals surface area contributed by atoms with E-state index in [9.17, 15) is 8.42 Å². The summed E-state index contributed by atoms with van der Waals surface area (Å²) in [5, 5.41) is 0. The second kappa shape index (κ2) is 7.89. The van der Waals surface area contributed by atoms with Crippen molar-refractivity contribution in [1.82, 2.24) is 9.71 Å². The lowest BCUT2D eigenvalue weighted by molar-refractivity contribution is 0.110. The van der Waals surface area contributed by atoms with Gasteiger partial charge >= 0.3 is 0 Å². The fourth-order valence-corrected chi connectivity index (χ4v) is 4.54. The van der Waals surface area contributed by atoms with E-state index in [1.807, 2.05) is 6.07 Å². The molecule has 0 bridgehead atoms. The summed E-state index contributed by atoms with van der Waals surface area (Å²) in [6.45, 7) is 1.86. The molecule has 6 nitrogen and oxygen atoms in total. The first-order valence-electron chi connectivity index (χ1n) is 7.69. The highest BCUT2D eigenvalue weighted by Gasteiger charge is 2.19. The van der Waals surface area contributed by atoms with E-state index in [0.717, 1.165) is 10.4 Å². The minimum absolute atomic E-state index is 0.111. The molecule has 0 saturated carbocycles. The maximum absolute atomic E-state index is 12.5. The van der Waals surface area contributed by atoms with Crippen LogP contribution in [0.1, 0.15) is 16.9 Å². The Labute approximate surface area is 160 Å². The summed E-state index contributed by atoms with van der Waals surface area (Å²) in [5.41, 5.74) is 1.44. The smallest absolute Gasteiger partial charge is 0.240 e. The van der Waals surface area contributed by atoms with Crippen LogP contribution in [0, 0.1) is 6.92 Å². The van der Waals surface area contributed by atoms with E-state index in [1.54, 1.807) is 25.1 Å². The zero-order chi connectivity index (χ0) is 18.7. The van der Waals surface area contributed by atoms with Crippen molar-refractivity contribution >= 4 is 33.0 Å². The molecule has 0 aliphatic carbocycles. The van der Waals surface area contributed by atoms with Gasteiger partial charge in [-0.2, -0.15) is 0 Å². The Bertz CT molecular complexity index is 980. The van der Waals surface area contributed by atoms with Crippen molar-refractivity contribution in [1.29, 1.82) is 0 Å². The van der Waals surface area contributed by atoms with E-state index in [2.05, 4.69) is 9.71 Å². The Kier molecular flexibility index (Phi) is 5.79. The van der Waals surface area contributed by atoms with Crippen LogP contribution in [0.15, 0.2) is 52.0 Å². The largest absolute Gasteiger partial charge is 0.449 e. The number of nitrogens with one attached hydrogen (secondary N) is 1. The van der Waals surface area contributed by atoms with E-state index in [-0.39, 0.29) is 11.4 Å². The number of nitrogens with zero attached hydrogens (tertiary/aromatic N) is 1. The Balaban J connectivity index is 1.71. The molecule has 0 amide bonds. The van der Waals surface area contributed by atoms with Gasteiger partial charge in [-0.25, -0.2) is 18.1 Å². The van der Waals surface area contributed by atoms with E-state index in [4.69, 9.17) is 20.8 Å². The highest BCUT2D eigenvalue weighted by molar-refractivity contribution is 7.89. The monoisotopic (exact) mass is 412 g/mol. The predicted molar refractivity (Wildman–Crippen MR) is 101 cm³/mol. The summed E-state index contributed by atoms with van der Waals surface area (Å²) >= 11 is 7.28. The maximum Gasteiger partial charge on any atom is 0.240 e. The SMILES string of the molecule is CO[C@@H](CNS(=O)(=O)c1ccc(-c2coc(C)n2)cc1)c1ccc(Cl)s1. The number of rotatable bonds is 7. The molecule has 0 aliphatic heterocycles. The van der Waals surface area contributed by atoms with E-state index >= 15 is 0 Å². The molecule has 2 heterocycles. The van der Waals surface area contributed by atoms with Gasteiger partial charge in [0.05, 0.1) is 9.23 Å². The van der Waals surface area contributed by atoms with Gasteiger partial charge < -0.3 is 9.15 Å². The molecular weight excluding hydrogens is 396 g/mol. The van der Waals surface area contributed by atoms with Gasteiger partial charge in [-0.3, -0.25) is 0 Å². The topological polar surface area (TPSA) is 81.4 Å². The van der Waals surface area contributed by atoms with Crippen LogP contribution < -0.4 is 4.72 Å². The van der Waals surface area contributed by atoms with Gasteiger partial charge in [-0.05, 0) is 24.3 Å². The van der Waals surface area contributed by atoms with E-state index < -0.39 is 16.1 Å². The molecular formula is C17H17ClN2O4S2. The highest BCUT2D eigenvalue weighted by atomic mass is 35.5. The number of sulfonamides is 1. The summed E-state index contributed by atoms with van der Waals surface area (Å²) < 4.78 is 38.8. The fraction of sp³-hybridized carbons (Fsp3) is 0.235. The number of hydrogen-bond acceptors (Lipinski definition) is 6. The van der Waals surface area contributed by atoms with Crippen LogP contribution in [0.5, 0.6) is 0 Å². The van der Waals surface area contributed by atoms with Crippen molar-refractivity contribution in [2.75, 3.05) is 13.7 Å². The number of oxazole rings is 1. The van der Waals surface area contributed by atoms with Crippen molar-refractivity contribution < 1.29 is 17.6 Å². The van der Waals surface area contributed by atoms with Crippen molar-refractivity contribution in [3.63, 3.8) is 0 Å². The number of aryl methyl sites for hydroxylation is 1. The van der Waals surface area contributed by atoms with Crippen LogP contribution in [0.4, 0.5) is 0 Å². The summed E-state index contributed by atoms with van der Waals surface area (Å²) in [5.74, 6) is 0.553. The lowest BCUT2D eigenvalue weighted by Crippen LogP contribution is -2.29. The lowest BCUT2D eigenvalue weighted by atomic mass is 10.2. The van der Waals surface area contributed by atoms with Gasteiger partial charge in [-0.1, -0.05) is 23.7 Å². The van der Waals surface area contributed by atoms with Crippen LogP contribution in [-0.4, -0.2) is 27.1 Å². The molecule has 138 valence electrons. The van der Waals surface area contributed by atoms with Crippen molar-refractivity contribution in [2.45, 2.75) is 17.9 Å². The average Bonchev–Trinajstić information content (AvgIpc) is 3.24. The zero-order valence-electron chi connectivity index (χ0n) is 14.1. The third kappa shape index (κ3) is 4.33. The normalized spacial score (nSPS) is 13.0. The number of ether oxygens (including phenoxy) is 1. The third-order valence-electron chi connectivity index (χ3n) is 3.73. The Morgan fingerprint density at radius 1 is 1.27 bits per heavy atom. The van der Waals surface area contributed by atoms with Gasteiger partial charge in [0.1, 0.15) is 18.1 Å². The van der Waals surface area contributed by atoms with Crippen LogP contribution in [-0.2, 0) is 14.8 Å². The van der Waals surface area contributed by atoms with Crippen LogP contribution in [0.25, 0.3) is 11.3 Å². The summed E-state index contributed by atoms with van der Waals surface area (Å²) in [6.07, 6.45) is 1.13. The number of halogens is 1. The number of aromatic nitrogens is 1. The minimum atomic E-state index is -3.66. The Hall–Kier alpha value is -1.71. The fourth-order valence-electron chi connectivity index (χ4n) is 2.37. The van der Waals surface area contributed by atoms with Crippen molar-refractivity contribution in [3.05, 3.63) is 57.8 Å².